The van der Waals surface area contributed by atoms with Crippen LogP contribution in [0.25, 0.3) is 6.08 Å². The van der Waals surface area contributed by atoms with Gasteiger partial charge in [0.1, 0.15) is 11.5 Å². The Morgan fingerprint density at radius 1 is 0.967 bits per heavy atom. The van der Waals surface area contributed by atoms with E-state index in [0.29, 0.717) is 18.1 Å². The Labute approximate surface area is 172 Å². The van der Waals surface area contributed by atoms with Crippen LogP contribution in [0.5, 0.6) is 11.5 Å². The minimum absolute atomic E-state index is 0.0692. The van der Waals surface area contributed by atoms with Crippen LogP contribution in [0.1, 0.15) is 35.7 Å². The molecule has 0 aromatic heterocycles. The van der Waals surface area contributed by atoms with E-state index in [4.69, 9.17) is 14.2 Å². The summed E-state index contributed by atoms with van der Waals surface area (Å²) in [5, 5.41) is 0. The quantitative estimate of drug-likeness (QED) is 0.240. The smallest absolute Gasteiger partial charge is 0.389 e. The highest BCUT2D eigenvalue weighted by atomic mass is 19.4. The fourth-order valence-electron chi connectivity index (χ4n) is 2.32. The van der Waals surface area contributed by atoms with E-state index in [1.54, 1.807) is 37.3 Å². The highest BCUT2D eigenvalue weighted by molar-refractivity contribution is 5.91. The van der Waals surface area contributed by atoms with Crippen molar-refractivity contribution >= 4 is 18.0 Å². The van der Waals surface area contributed by atoms with Crippen molar-refractivity contribution in [3.8, 4) is 11.5 Å². The summed E-state index contributed by atoms with van der Waals surface area (Å²) in [5.74, 6) is -0.346. The average Bonchev–Trinajstić information content (AvgIpc) is 2.71. The number of esters is 2. The number of benzene rings is 2. The third kappa shape index (κ3) is 8.38. The average molecular weight is 422 g/mol. The zero-order valence-corrected chi connectivity index (χ0v) is 16.3. The predicted octanol–water partition coefficient (Wildman–Crippen LogP) is 5.20. The summed E-state index contributed by atoms with van der Waals surface area (Å²) in [5.41, 5.74) is 0.999. The van der Waals surface area contributed by atoms with E-state index in [-0.39, 0.29) is 18.6 Å². The van der Waals surface area contributed by atoms with Gasteiger partial charge in [0.15, 0.2) is 0 Å². The number of hydrogen-bond donors (Lipinski definition) is 0. The Hall–Kier alpha value is -3.29. The number of halogens is 3. The Kier molecular flexibility index (Phi) is 8.46. The topological polar surface area (TPSA) is 61.8 Å². The molecule has 0 bridgehead atoms. The molecule has 160 valence electrons. The molecule has 0 radical (unpaired) electrons. The molecule has 0 unspecified atom stereocenters. The first-order valence-electron chi connectivity index (χ1n) is 9.23. The van der Waals surface area contributed by atoms with E-state index in [1.165, 1.54) is 30.3 Å². The van der Waals surface area contributed by atoms with Gasteiger partial charge >= 0.3 is 18.1 Å². The van der Waals surface area contributed by atoms with Crippen LogP contribution < -0.4 is 9.47 Å². The van der Waals surface area contributed by atoms with E-state index >= 15 is 0 Å². The molecule has 0 heterocycles. The van der Waals surface area contributed by atoms with Crippen molar-refractivity contribution in [2.24, 2.45) is 0 Å². The number of ether oxygens (including phenoxy) is 3. The van der Waals surface area contributed by atoms with Gasteiger partial charge in [-0.15, -0.1) is 0 Å². The maximum absolute atomic E-state index is 12.2. The molecule has 0 fully saturated rings. The largest absolute Gasteiger partial charge is 0.494 e. The summed E-state index contributed by atoms with van der Waals surface area (Å²) < 4.78 is 51.6. The molecule has 0 aliphatic carbocycles. The molecule has 2 aromatic rings. The van der Waals surface area contributed by atoms with Crippen LogP contribution in [0.3, 0.4) is 0 Å². The van der Waals surface area contributed by atoms with Crippen LogP contribution in [-0.4, -0.2) is 31.3 Å². The minimum Gasteiger partial charge on any atom is -0.494 e. The van der Waals surface area contributed by atoms with Crippen molar-refractivity contribution in [3.05, 3.63) is 65.7 Å². The molecule has 0 spiro atoms. The fourth-order valence-corrected chi connectivity index (χ4v) is 2.32. The zero-order valence-electron chi connectivity index (χ0n) is 16.3. The van der Waals surface area contributed by atoms with Crippen molar-refractivity contribution in [3.63, 3.8) is 0 Å². The minimum atomic E-state index is -4.20. The van der Waals surface area contributed by atoms with Gasteiger partial charge < -0.3 is 14.2 Å². The molecule has 2 rings (SSSR count). The lowest BCUT2D eigenvalue weighted by atomic mass is 10.2. The summed E-state index contributed by atoms with van der Waals surface area (Å²) in [6.07, 6.45) is -2.37. The molecule has 0 amide bonds. The van der Waals surface area contributed by atoms with Gasteiger partial charge in [0.2, 0.25) is 0 Å². The Morgan fingerprint density at radius 3 is 2.20 bits per heavy atom. The van der Waals surface area contributed by atoms with Crippen LogP contribution in [0, 0.1) is 0 Å². The van der Waals surface area contributed by atoms with Gasteiger partial charge in [-0.2, -0.15) is 13.2 Å². The van der Waals surface area contributed by atoms with Gasteiger partial charge in [-0.05, 0) is 61.4 Å². The summed E-state index contributed by atoms with van der Waals surface area (Å²) in [6, 6.07) is 12.4. The SMILES string of the molecule is CCOC(=O)C=Cc1ccc(OC(=O)c2ccc(OCCCC(F)(F)F)cc2)cc1. The second kappa shape index (κ2) is 11.0. The Balaban J connectivity index is 1.84. The molecule has 0 atom stereocenters. The van der Waals surface area contributed by atoms with E-state index in [1.807, 2.05) is 0 Å². The number of hydrogen-bond acceptors (Lipinski definition) is 5. The first kappa shape index (κ1) is 23.0. The molecule has 30 heavy (non-hydrogen) atoms. The first-order chi connectivity index (χ1) is 14.3. The normalized spacial score (nSPS) is 11.3. The molecule has 2 aromatic carbocycles. The first-order valence-corrected chi connectivity index (χ1v) is 9.23. The number of alkyl halides is 3. The monoisotopic (exact) mass is 422 g/mol. The van der Waals surface area contributed by atoms with Gasteiger partial charge in [-0.3, -0.25) is 0 Å². The van der Waals surface area contributed by atoms with Crippen LogP contribution in [0.2, 0.25) is 0 Å². The van der Waals surface area contributed by atoms with Crippen LogP contribution in [-0.2, 0) is 9.53 Å². The third-order valence-corrected chi connectivity index (χ3v) is 3.75. The Bertz CT molecular complexity index is 856. The highest BCUT2D eigenvalue weighted by Crippen LogP contribution is 2.22. The van der Waals surface area contributed by atoms with Gasteiger partial charge in [0.25, 0.3) is 0 Å². The molecule has 0 saturated carbocycles. The molecule has 8 heteroatoms. The second-order valence-corrected chi connectivity index (χ2v) is 6.14. The van der Waals surface area contributed by atoms with Crippen LogP contribution >= 0.6 is 0 Å². The molecular formula is C22H21F3O5. The number of carbonyl (C=O) groups is 2. The summed E-state index contributed by atoms with van der Waals surface area (Å²) in [4.78, 5) is 23.5. The van der Waals surface area contributed by atoms with E-state index < -0.39 is 24.5 Å². The van der Waals surface area contributed by atoms with Gasteiger partial charge in [0.05, 0.1) is 18.8 Å². The lowest BCUT2D eigenvalue weighted by Gasteiger charge is -2.09. The summed E-state index contributed by atoms with van der Waals surface area (Å²) >= 11 is 0. The molecule has 0 aliphatic rings. The molecule has 0 saturated heterocycles. The maximum atomic E-state index is 12.2. The van der Waals surface area contributed by atoms with Gasteiger partial charge in [0, 0.05) is 12.5 Å². The summed E-state index contributed by atoms with van der Waals surface area (Å²) in [6.45, 7) is 1.94. The molecule has 0 aliphatic heterocycles. The van der Waals surface area contributed by atoms with Crippen LogP contribution in [0.4, 0.5) is 13.2 Å². The fraction of sp³-hybridized carbons (Fsp3) is 0.273. The van der Waals surface area contributed by atoms with E-state index in [9.17, 15) is 22.8 Å². The molecule has 0 N–H and O–H groups in total. The highest BCUT2D eigenvalue weighted by Gasteiger charge is 2.26. The van der Waals surface area contributed by atoms with Crippen molar-refractivity contribution in [2.45, 2.75) is 25.9 Å². The summed E-state index contributed by atoms with van der Waals surface area (Å²) in [7, 11) is 0. The van der Waals surface area contributed by atoms with Crippen molar-refractivity contribution in [1.29, 1.82) is 0 Å². The zero-order chi connectivity index (χ0) is 22.0. The van der Waals surface area contributed by atoms with E-state index in [0.717, 1.165) is 5.56 Å². The van der Waals surface area contributed by atoms with Crippen molar-refractivity contribution < 1.29 is 37.0 Å². The lowest BCUT2D eigenvalue weighted by Crippen LogP contribution is -2.10. The van der Waals surface area contributed by atoms with Gasteiger partial charge in [-0.1, -0.05) is 12.1 Å². The second-order valence-electron chi connectivity index (χ2n) is 6.14. The number of carbonyl (C=O) groups excluding carboxylic acids is 2. The lowest BCUT2D eigenvalue weighted by molar-refractivity contribution is -0.137. The van der Waals surface area contributed by atoms with Crippen molar-refractivity contribution in [1.82, 2.24) is 0 Å². The van der Waals surface area contributed by atoms with Crippen molar-refractivity contribution in [2.75, 3.05) is 13.2 Å². The maximum Gasteiger partial charge on any atom is 0.389 e. The Morgan fingerprint density at radius 2 is 1.60 bits per heavy atom. The van der Waals surface area contributed by atoms with Crippen LogP contribution in [0.15, 0.2) is 54.6 Å². The van der Waals surface area contributed by atoms with Gasteiger partial charge in [-0.25, -0.2) is 9.59 Å². The molecule has 5 nitrogen and oxygen atoms in total. The third-order valence-electron chi connectivity index (χ3n) is 3.75. The molecular weight excluding hydrogens is 401 g/mol. The standard InChI is InChI=1S/C22H21F3O5/c1-2-28-20(26)13-6-16-4-9-19(10-5-16)30-21(27)17-7-11-18(12-8-17)29-15-3-14-22(23,24)25/h4-13H,2-3,14-15H2,1H3. The van der Waals surface area contributed by atoms with E-state index in [2.05, 4.69) is 0 Å². The predicted molar refractivity (Wildman–Crippen MR) is 104 cm³/mol. The number of rotatable bonds is 9.